The van der Waals surface area contributed by atoms with Crippen molar-refractivity contribution < 1.29 is 9.53 Å². The molecule has 0 aliphatic heterocycles. The van der Waals surface area contributed by atoms with Gasteiger partial charge >= 0.3 is 6.03 Å². The molecule has 8 heteroatoms. The third-order valence-corrected chi connectivity index (χ3v) is 5.87. The largest absolute Gasteiger partial charge is 0.496 e. The molecule has 0 saturated heterocycles. The van der Waals surface area contributed by atoms with Crippen molar-refractivity contribution in [3.63, 3.8) is 0 Å². The summed E-state index contributed by atoms with van der Waals surface area (Å²) in [7, 11) is 1.68. The number of methoxy groups -OCH3 is 1. The number of carbonyl (C=O) groups is 1. The molecule has 0 bridgehead atoms. The molecule has 0 unspecified atom stereocenters. The number of para-hydroxylation sites is 1. The van der Waals surface area contributed by atoms with Crippen LogP contribution in [0.2, 0.25) is 5.02 Å². The Morgan fingerprint density at radius 3 is 2.59 bits per heavy atom. The Balaban J connectivity index is 1.64. The smallest absolute Gasteiger partial charge is 0.323 e. The van der Waals surface area contributed by atoms with Crippen molar-refractivity contribution in [1.29, 1.82) is 0 Å². The van der Waals surface area contributed by atoms with Crippen LogP contribution in [0.3, 0.4) is 0 Å². The van der Waals surface area contributed by atoms with E-state index in [4.69, 9.17) is 26.3 Å². The minimum absolute atomic E-state index is 0.355. The van der Waals surface area contributed by atoms with Gasteiger partial charge in [0.1, 0.15) is 17.1 Å². The molecular formula is C26H28ClN5O2. The number of amides is 2. The summed E-state index contributed by atoms with van der Waals surface area (Å²) >= 11 is 5.92. The van der Waals surface area contributed by atoms with Crippen molar-refractivity contribution in [3.8, 4) is 5.75 Å². The average Bonchev–Trinajstić information content (AvgIpc) is 3.15. The maximum Gasteiger partial charge on any atom is 0.323 e. The highest BCUT2D eigenvalue weighted by Crippen LogP contribution is 2.26. The van der Waals surface area contributed by atoms with Gasteiger partial charge in [0, 0.05) is 22.7 Å². The number of hydrogen-bond donors (Lipinski definition) is 2. The number of hydrogen-bond acceptors (Lipinski definition) is 4. The van der Waals surface area contributed by atoms with E-state index in [1.54, 1.807) is 31.4 Å². The Kier molecular flexibility index (Phi) is 7.33. The van der Waals surface area contributed by atoms with Gasteiger partial charge in [0.2, 0.25) is 0 Å². The quantitative estimate of drug-likeness (QED) is 0.306. The minimum Gasteiger partial charge on any atom is -0.496 e. The molecule has 7 nitrogen and oxygen atoms in total. The summed E-state index contributed by atoms with van der Waals surface area (Å²) in [5.41, 5.74) is 4.57. The fourth-order valence-electron chi connectivity index (χ4n) is 3.82. The van der Waals surface area contributed by atoms with Crippen molar-refractivity contribution in [2.75, 3.05) is 17.7 Å². The van der Waals surface area contributed by atoms with Gasteiger partial charge in [0.05, 0.1) is 25.0 Å². The molecule has 34 heavy (non-hydrogen) atoms. The molecule has 0 spiro atoms. The summed E-state index contributed by atoms with van der Waals surface area (Å²) in [6.07, 6.45) is 2.95. The lowest BCUT2D eigenvalue weighted by atomic mass is 10.2. The Hall–Kier alpha value is -3.58. The van der Waals surface area contributed by atoms with Crippen molar-refractivity contribution in [2.24, 2.45) is 0 Å². The highest BCUT2D eigenvalue weighted by molar-refractivity contribution is 6.30. The number of ether oxygens (including phenoxy) is 1. The second-order valence-electron chi connectivity index (χ2n) is 8.08. The Morgan fingerprint density at radius 1 is 1.09 bits per heavy atom. The number of rotatable bonds is 8. The van der Waals surface area contributed by atoms with Gasteiger partial charge in [-0.15, -0.1) is 0 Å². The summed E-state index contributed by atoms with van der Waals surface area (Å²) in [5, 5.41) is 6.31. The zero-order valence-electron chi connectivity index (χ0n) is 19.6. The molecule has 2 aromatic heterocycles. The summed E-state index contributed by atoms with van der Waals surface area (Å²) in [4.78, 5) is 22.3. The fraction of sp³-hybridized carbons (Fsp3) is 0.269. The molecule has 4 rings (SSSR count). The van der Waals surface area contributed by atoms with E-state index in [0.717, 1.165) is 47.6 Å². The molecule has 0 atom stereocenters. The summed E-state index contributed by atoms with van der Waals surface area (Å²) in [6, 6.07) is 16.4. The second kappa shape index (κ2) is 10.6. The van der Waals surface area contributed by atoms with Crippen molar-refractivity contribution in [3.05, 3.63) is 76.7 Å². The van der Waals surface area contributed by atoms with E-state index in [0.29, 0.717) is 28.6 Å². The van der Waals surface area contributed by atoms with Gasteiger partial charge in [-0.05, 0) is 49.7 Å². The van der Waals surface area contributed by atoms with Crippen LogP contribution >= 0.6 is 11.6 Å². The first kappa shape index (κ1) is 23.6. The molecule has 0 aliphatic rings. The SMILES string of the molecule is CCCCc1nc2cc(NC(=O)Nc3ccc(Cl)cc3)c(C)nc2n1Cc1ccccc1OC. The van der Waals surface area contributed by atoms with E-state index in [2.05, 4.69) is 28.2 Å². The predicted molar refractivity (Wildman–Crippen MR) is 137 cm³/mol. The number of nitrogens with zero attached hydrogens (tertiary/aromatic N) is 3. The number of imidazole rings is 1. The molecule has 0 radical (unpaired) electrons. The third kappa shape index (κ3) is 5.31. The number of aromatic nitrogens is 3. The number of aryl methyl sites for hydroxylation is 2. The number of anilines is 2. The first-order valence-corrected chi connectivity index (χ1v) is 11.7. The Bertz CT molecular complexity index is 1300. The van der Waals surface area contributed by atoms with Crippen molar-refractivity contribution in [2.45, 2.75) is 39.7 Å². The van der Waals surface area contributed by atoms with Crippen LogP contribution < -0.4 is 15.4 Å². The first-order valence-electron chi connectivity index (χ1n) is 11.3. The van der Waals surface area contributed by atoms with E-state index < -0.39 is 0 Å². The lowest BCUT2D eigenvalue weighted by Gasteiger charge is -2.13. The van der Waals surface area contributed by atoms with Gasteiger partial charge in [-0.1, -0.05) is 43.1 Å². The van der Waals surface area contributed by atoms with Gasteiger partial charge in [-0.2, -0.15) is 0 Å². The summed E-state index contributed by atoms with van der Waals surface area (Å²) in [5.74, 6) is 1.80. The van der Waals surface area contributed by atoms with Crippen LogP contribution in [0.4, 0.5) is 16.2 Å². The second-order valence-corrected chi connectivity index (χ2v) is 8.52. The number of halogens is 1. The molecule has 2 amide bonds. The highest BCUT2D eigenvalue weighted by atomic mass is 35.5. The fourth-order valence-corrected chi connectivity index (χ4v) is 3.95. The molecule has 2 N–H and O–H groups in total. The van der Waals surface area contributed by atoms with Crippen LogP contribution in [0, 0.1) is 6.92 Å². The average molecular weight is 478 g/mol. The topological polar surface area (TPSA) is 81.1 Å². The van der Waals surface area contributed by atoms with Gasteiger partial charge in [0.25, 0.3) is 0 Å². The molecule has 0 saturated carbocycles. The molecule has 2 heterocycles. The summed E-state index contributed by atoms with van der Waals surface area (Å²) < 4.78 is 7.70. The van der Waals surface area contributed by atoms with Crippen LogP contribution in [0.5, 0.6) is 5.75 Å². The van der Waals surface area contributed by atoms with Gasteiger partial charge in [0.15, 0.2) is 5.65 Å². The Morgan fingerprint density at radius 2 is 1.85 bits per heavy atom. The molecule has 0 aliphatic carbocycles. The van der Waals surface area contributed by atoms with E-state index >= 15 is 0 Å². The van der Waals surface area contributed by atoms with Crippen LogP contribution in [0.1, 0.15) is 36.8 Å². The van der Waals surface area contributed by atoms with Crippen LogP contribution in [-0.2, 0) is 13.0 Å². The maximum absolute atomic E-state index is 12.6. The molecule has 2 aromatic carbocycles. The number of fused-ring (bicyclic) bond motifs is 1. The monoisotopic (exact) mass is 477 g/mol. The maximum atomic E-state index is 12.6. The predicted octanol–water partition coefficient (Wildman–Crippen LogP) is 6.44. The molecule has 176 valence electrons. The number of urea groups is 1. The Labute approximate surface area is 204 Å². The standard InChI is InChI=1S/C26H28ClN5O2/c1-4-5-10-24-30-22-15-21(31-26(33)29-20-13-11-19(27)12-14-20)17(2)28-25(22)32(24)16-18-8-6-7-9-23(18)34-3/h6-9,11-15H,4-5,10,16H2,1-3H3,(H2,29,31,33). The van der Waals surface area contributed by atoms with Crippen LogP contribution in [0.15, 0.2) is 54.6 Å². The van der Waals surface area contributed by atoms with E-state index in [1.165, 1.54) is 0 Å². The zero-order valence-corrected chi connectivity index (χ0v) is 20.3. The van der Waals surface area contributed by atoms with Gasteiger partial charge in [-0.25, -0.2) is 14.8 Å². The van der Waals surface area contributed by atoms with E-state index in [1.807, 2.05) is 31.2 Å². The number of unbranched alkanes of at least 4 members (excludes halogenated alkanes) is 1. The molecule has 4 aromatic rings. The minimum atomic E-state index is -0.355. The van der Waals surface area contributed by atoms with E-state index in [-0.39, 0.29) is 6.03 Å². The van der Waals surface area contributed by atoms with Gasteiger partial charge < -0.3 is 19.9 Å². The molecule has 0 fully saturated rings. The van der Waals surface area contributed by atoms with E-state index in [9.17, 15) is 4.79 Å². The van der Waals surface area contributed by atoms with Crippen molar-refractivity contribution >= 4 is 40.2 Å². The number of nitrogens with one attached hydrogen (secondary N) is 2. The summed E-state index contributed by atoms with van der Waals surface area (Å²) in [6.45, 7) is 4.65. The third-order valence-electron chi connectivity index (χ3n) is 5.62. The zero-order chi connectivity index (χ0) is 24.1. The number of benzene rings is 2. The van der Waals surface area contributed by atoms with Gasteiger partial charge in [-0.3, -0.25) is 0 Å². The van der Waals surface area contributed by atoms with Crippen molar-refractivity contribution in [1.82, 2.24) is 14.5 Å². The molecular weight excluding hydrogens is 450 g/mol. The van der Waals surface area contributed by atoms with Crippen LogP contribution in [0.25, 0.3) is 11.2 Å². The number of pyridine rings is 1. The lowest BCUT2D eigenvalue weighted by molar-refractivity contribution is 0.262. The van der Waals surface area contributed by atoms with Crippen LogP contribution in [-0.4, -0.2) is 27.7 Å². The highest BCUT2D eigenvalue weighted by Gasteiger charge is 2.17. The number of carbonyl (C=O) groups excluding carboxylic acids is 1. The lowest BCUT2D eigenvalue weighted by Crippen LogP contribution is -2.20. The normalized spacial score (nSPS) is 10.9. The first-order chi connectivity index (χ1) is 16.5.